The van der Waals surface area contributed by atoms with Crippen LogP contribution in [0.15, 0.2) is 30.7 Å². The van der Waals surface area contributed by atoms with Gasteiger partial charge in [-0.05, 0) is 25.5 Å². The lowest BCUT2D eigenvalue weighted by molar-refractivity contribution is -0.142. The van der Waals surface area contributed by atoms with Crippen molar-refractivity contribution >= 4 is 17.4 Å². The van der Waals surface area contributed by atoms with Crippen molar-refractivity contribution in [2.45, 2.75) is 32.5 Å². The Hall–Kier alpha value is -3.04. The molecule has 0 aliphatic rings. The summed E-state index contributed by atoms with van der Waals surface area (Å²) in [6.07, 6.45) is -1.11. The van der Waals surface area contributed by atoms with Gasteiger partial charge in [0, 0.05) is 25.7 Å². The van der Waals surface area contributed by atoms with Crippen LogP contribution >= 0.6 is 0 Å². The number of hydrogen-bond acceptors (Lipinski definition) is 4. The maximum atomic E-state index is 13.5. The van der Waals surface area contributed by atoms with E-state index in [1.165, 1.54) is 12.1 Å². The fourth-order valence-electron chi connectivity index (χ4n) is 2.76. The number of hydrogen-bond donors (Lipinski definition) is 2. The van der Waals surface area contributed by atoms with Gasteiger partial charge in [0.2, 0.25) is 0 Å². The molecule has 0 unspecified atom stereocenters. The first-order valence-electron chi connectivity index (χ1n) is 8.37. The Bertz CT molecular complexity index is 961. The van der Waals surface area contributed by atoms with Crippen LogP contribution in [0.1, 0.15) is 25.5 Å². The minimum absolute atomic E-state index is 0.0876. The predicted molar refractivity (Wildman–Crippen MR) is 92.4 cm³/mol. The molecule has 0 bridgehead atoms. The zero-order valence-electron chi connectivity index (χ0n) is 14.5. The Kier molecular flexibility index (Phi) is 5.06. The van der Waals surface area contributed by atoms with Crippen molar-refractivity contribution in [3.05, 3.63) is 36.4 Å². The lowest BCUT2D eigenvalue weighted by atomic mass is 10.3. The average molecular weight is 381 g/mol. The molecule has 0 aliphatic carbocycles. The van der Waals surface area contributed by atoms with E-state index in [4.69, 9.17) is 5.11 Å². The molecule has 0 aromatic carbocycles. The van der Waals surface area contributed by atoms with Gasteiger partial charge < -0.3 is 15.0 Å². The van der Waals surface area contributed by atoms with Gasteiger partial charge in [0.25, 0.3) is 0 Å². The predicted octanol–water partition coefficient (Wildman–Crippen LogP) is 3.51. The highest BCUT2D eigenvalue weighted by Gasteiger charge is 2.35. The van der Waals surface area contributed by atoms with Crippen LogP contribution in [0.4, 0.5) is 19.0 Å². The summed E-state index contributed by atoms with van der Waals surface area (Å²) in [6, 6.07) is 3.76. The van der Waals surface area contributed by atoms with Gasteiger partial charge in [-0.3, -0.25) is 9.20 Å². The molecule has 3 aromatic rings. The van der Waals surface area contributed by atoms with Crippen LogP contribution in [0.25, 0.3) is 17.0 Å². The number of nitrogens with zero attached hydrogens (tertiary/aromatic N) is 4. The smallest absolute Gasteiger partial charge is 0.431 e. The highest BCUT2D eigenvalue weighted by Crippen LogP contribution is 2.35. The number of pyridine rings is 1. The zero-order valence-corrected chi connectivity index (χ0v) is 14.5. The monoisotopic (exact) mass is 381 g/mol. The molecule has 3 heterocycles. The number of alkyl halides is 3. The first kappa shape index (κ1) is 18.7. The molecule has 144 valence electrons. The fraction of sp³-hybridized carbons (Fsp3) is 0.353. The van der Waals surface area contributed by atoms with E-state index in [0.717, 1.165) is 10.5 Å². The number of fused-ring (bicyclic) bond motifs is 1. The summed E-state index contributed by atoms with van der Waals surface area (Å²) in [6.45, 7) is 2.77. The van der Waals surface area contributed by atoms with Crippen molar-refractivity contribution in [3.63, 3.8) is 0 Å². The summed E-state index contributed by atoms with van der Waals surface area (Å²) in [7, 11) is 0. The molecule has 0 saturated carbocycles. The van der Waals surface area contributed by atoms with Crippen LogP contribution in [-0.4, -0.2) is 36.6 Å². The molecule has 2 N–H and O–H groups in total. The molecular weight excluding hydrogens is 363 g/mol. The molecule has 0 aliphatic heterocycles. The molecule has 3 rings (SSSR count). The van der Waals surface area contributed by atoms with E-state index in [9.17, 15) is 18.0 Å². The number of halogens is 3. The third-order valence-corrected chi connectivity index (χ3v) is 4.03. The minimum Gasteiger partial charge on any atom is -0.481 e. The number of carboxylic acids is 1. The number of nitrogens with one attached hydrogen (secondary N) is 1. The van der Waals surface area contributed by atoms with Crippen molar-refractivity contribution in [1.29, 1.82) is 0 Å². The quantitative estimate of drug-likeness (QED) is 0.612. The van der Waals surface area contributed by atoms with Gasteiger partial charge in [-0.25, -0.2) is 9.97 Å². The number of aromatic nitrogens is 4. The van der Waals surface area contributed by atoms with E-state index >= 15 is 0 Å². The van der Waals surface area contributed by atoms with E-state index in [1.807, 2.05) is 6.92 Å². The van der Waals surface area contributed by atoms with Crippen LogP contribution in [0, 0.1) is 0 Å². The maximum Gasteiger partial charge on any atom is 0.431 e. The van der Waals surface area contributed by atoms with Gasteiger partial charge in [0.15, 0.2) is 0 Å². The number of carbonyl (C=O) groups is 1. The van der Waals surface area contributed by atoms with Crippen molar-refractivity contribution in [3.8, 4) is 11.4 Å². The molecule has 0 fully saturated rings. The van der Waals surface area contributed by atoms with E-state index in [1.54, 1.807) is 17.1 Å². The van der Waals surface area contributed by atoms with Gasteiger partial charge in [-0.1, -0.05) is 6.07 Å². The second-order valence-corrected chi connectivity index (χ2v) is 5.92. The average Bonchev–Trinajstić information content (AvgIpc) is 3.21. The van der Waals surface area contributed by atoms with Crippen molar-refractivity contribution < 1.29 is 23.1 Å². The number of carboxylic acid groups (broad SMARTS) is 1. The molecule has 0 spiro atoms. The van der Waals surface area contributed by atoms with E-state index in [-0.39, 0.29) is 36.5 Å². The normalized spacial score (nSPS) is 11.9. The highest BCUT2D eigenvalue weighted by atomic mass is 19.4. The van der Waals surface area contributed by atoms with Gasteiger partial charge in [0.1, 0.15) is 28.5 Å². The van der Waals surface area contributed by atoms with Crippen molar-refractivity contribution in [1.82, 2.24) is 18.9 Å². The maximum absolute atomic E-state index is 13.5. The Morgan fingerprint density at radius 2 is 2.11 bits per heavy atom. The molecule has 0 atom stereocenters. The van der Waals surface area contributed by atoms with Crippen LogP contribution in [0.5, 0.6) is 0 Å². The number of aliphatic carboxylic acids is 1. The second kappa shape index (κ2) is 7.29. The minimum atomic E-state index is -4.57. The zero-order chi connectivity index (χ0) is 19.6. The Morgan fingerprint density at radius 3 is 2.74 bits per heavy atom. The number of imidazole rings is 2. The molecule has 27 heavy (non-hydrogen) atoms. The molecule has 3 aromatic heterocycles. The standard InChI is InChI=1S/C17H18F3N5O2/c1-2-24-9-11(22-10-24)15-16(21-8-4-7-14(26)27)25-12(17(18,19)20)5-3-6-13(25)23-15/h3,5-6,9-10,21H,2,4,7-8H2,1H3,(H,26,27). The Balaban J connectivity index is 2.10. The third kappa shape index (κ3) is 3.88. The summed E-state index contributed by atoms with van der Waals surface area (Å²) >= 11 is 0. The summed E-state index contributed by atoms with van der Waals surface area (Å²) in [5, 5.41) is 11.7. The van der Waals surface area contributed by atoms with Gasteiger partial charge in [-0.15, -0.1) is 0 Å². The summed E-state index contributed by atoms with van der Waals surface area (Å²) in [5.41, 5.74) is -0.00958. The summed E-state index contributed by atoms with van der Waals surface area (Å²) in [4.78, 5) is 19.2. The number of rotatable bonds is 7. The van der Waals surface area contributed by atoms with E-state index in [2.05, 4.69) is 15.3 Å². The van der Waals surface area contributed by atoms with Crippen molar-refractivity contribution in [2.24, 2.45) is 0 Å². The van der Waals surface area contributed by atoms with Crippen molar-refractivity contribution in [2.75, 3.05) is 11.9 Å². The van der Waals surface area contributed by atoms with Gasteiger partial charge in [0.05, 0.1) is 6.33 Å². The van der Waals surface area contributed by atoms with Crippen LogP contribution < -0.4 is 5.32 Å². The van der Waals surface area contributed by atoms with Gasteiger partial charge >= 0.3 is 12.1 Å². The molecule has 0 saturated heterocycles. The molecule has 0 radical (unpaired) electrons. The SMILES string of the molecule is CCn1cnc(-c2nc3cccc(C(F)(F)F)n3c2NCCCC(=O)O)c1. The van der Waals surface area contributed by atoms with Crippen LogP contribution in [0.3, 0.4) is 0 Å². The summed E-state index contributed by atoms with van der Waals surface area (Å²) < 4.78 is 43.3. The van der Waals surface area contributed by atoms with E-state index in [0.29, 0.717) is 12.2 Å². The molecule has 7 nitrogen and oxygen atoms in total. The molecule has 0 amide bonds. The summed E-state index contributed by atoms with van der Waals surface area (Å²) in [5.74, 6) is -0.822. The Morgan fingerprint density at radius 1 is 1.33 bits per heavy atom. The largest absolute Gasteiger partial charge is 0.481 e. The lowest BCUT2D eigenvalue weighted by Gasteiger charge is -2.13. The third-order valence-electron chi connectivity index (χ3n) is 4.03. The van der Waals surface area contributed by atoms with E-state index < -0.39 is 17.8 Å². The topological polar surface area (TPSA) is 84.5 Å². The fourth-order valence-corrected chi connectivity index (χ4v) is 2.76. The first-order chi connectivity index (χ1) is 12.8. The highest BCUT2D eigenvalue weighted by molar-refractivity contribution is 5.74. The molecule has 10 heteroatoms. The van der Waals surface area contributed by atoms with Gasteiger partial charge in [-0.2, -0.15) is 13.2 Å². The number of aryl methyl sites for hydroxylation is 1. The first-order valence-corrected chi connectivity index (χ1v) is 8.37. The Labute approximate surface area is 152 Å². The second-order valence-electron chi connectivity index (χ2n) is 5.92. The lowest BCUT2D eigenvalue weighted by Crippen LogP contribution is -2.14. The number of anilines is 1. The van der Waals surface area contributed by atoms with Crippen LogP contribution in [0.2, 0.25) is 0 Å². The molecular formula is C17H18F3N5O2. The van der Waals surface area contributed by atoms with Crippen LogP contribution in [-0.2, 0) is 17.5 Å².